The van der Waals surface area contributed by atoms with Crippen LogP contribution in [0.25, 0.3) is 0 Å². The lowest BCUT2D eigenvalue weighted by atomic mass is 10.2. The van der Waals surface area contributed by atoms with E-state index in [1.807, 2.05) is 17.5 Å². The minimum Gasteiger partial charge on any atom is -0.326 e. The van der Waals surface area contributed by atoms with Crippen molar-refractivity contribution in [3.8, 4) is 0 Å². The van der Waals surface area contributed by atoms with Crippen molar-refractivity contribution in [2.24, 2.45) is 5.10 Å². The van der Waals surface area contributed by atoms with Crippen LogP contribution >= 0.6 is 11.3 Å². The predicted molar refractivity (Wildman–Crippen MR) is 94.0 cm³/mol. The van der Waals surface area contributed by atoms with E-state index in [1.54, 1.807) is 31.2 Å². The molecular formula is C16H16N4O3S. The van der Waals surface area contributed by atoms with Gasteiger partial charge in [0.05, 0.1) is 5.71 Å². The molecule has 24 heavy (non-hydrogen) atoms. The van der Waals surface area contributed by atoms with Crippen LogP contribution in [0, 0.1) is 0 Å². The number of benzene rings is 1. The molecule has 1 aromatic carbocycles. The fourth-order valence-electron chi connectivity index (χ4n) is 1.75. The van der Waals surface area contributed by atoms with Gasteiger partial charge in [-0.1, -0.05) is 6.07 Å². The van der Waals surface area contributed by atoms with E-state index >= 15 is 0 Å². The van der Waals surface area contributed by atoms with Crippen LogP contribution in [0.5, 0.6) is 0 Å². The molecule has 3 N–H and O–H groups in total. The van der Waals surface area contributed by atoms with Crippen LogP contribution in [0.2, 0.25) is 0 Å². The molecule has 7 nitrogen and oxygen atoms in total. The topological polar surface area (TPSA) is 99.7 Å². The first kappa shape index (κ1) is 17.4. The Balaban J connectivity index is 1.90. The zero-order chi connectivity index (χ0) is 17.5. The number of carbonyl (C=O) groups excluding carboxylic acids is 3. The van der Waals surface area contributed by atoms with E-state index < -0.39 is 11.8 Å². The van der Waals surface area contributed by atoms with Crippen molar-refractivity contribution in [3.05, 3.63) is 46.7 Å². The molecule has 0 atom stereocenters. The Bertz CT molecular complexity index is 767. The molecule has 1 heterocycles. The highest BCUT2D eigenvalue weighted by Crippen LogP contribution is 2.13. The molecule has 0 aliphatic heterocycles. The zero-order valence-electron chi connectivity index (χ0n) is 13.1. The smallest absolute Gasteiger partial charge is 0.326 e. The highest BCUT2D eigenvalue weighted by Gasteiger charge is 2.13. The van der Waals surface area contributed by atoms with Crippen LogP contribution in [0.1, 0.15) is 18.7 Å². The maximum absolute atomic E-state index is 11.8. The Kier molecular flexibility index (Phi) is 5.80. The van der Waals surface area contributed by atoms with E-state index in [1.165, 1.54) is 18.3 Å². The molecule has 0 bridgehead atoms. The average molecular weight is 344 g/mol. The number of anilines is 2. The molecule has 0 aliphatic carbocycles. The molecule has 0 saturated heterocycles. The van der Waals surface area contributed by atoms with Gasteiger partial charge in [-0.3, -0.25) is 14.4 Å². The van der Waals surface area contributed by atoms with Crippen molar-refractivity contribution < 1.29 is 14.4 Å². The van der Waals surface area contributed by atoms with Crippen LogP contribution in [0.15, 0.2) is 46.9 Å². The quantitative estimate of drug-likeness (QED) is 0.450. The van der Waals surface area contributed by atoms with Crippen molar-refractivity contribution in [3.63, 3.8) is 0 Å². The first-order valence-electron chi connectivity index (χ1n) is 7.03. The Morgan fingerprint density at radius 3 is 2.08 bits per heavy atom. The van der Waals surface area contributed by atoms with Gasteiger partial charge in [0, 0.05) is 23.2 Å². The highest BCUT2D eigenvalue weighted by atomic mass is 32.1. The van der Waals surface area contributed by atoms with Crippen molar-refractivity contribution in [2.75, 3.05) is 10.6 Å². The number of carbonyl (C=O) groups is 3. The molecule has 1 aromatic heterocycles. The number of thiophene rings is 1. The second kappa shape index (κ2) is 8.02. The first-order chi connectivity index (χ1) is 11.5. The summed E-state index contributed by atoms with van der Waals surface area (Å²) in [6, 6.07) is 10.1. The van der Waals surface area contributed by atoms with Crippen molar-refractivity contribution in [2.45, 2.75) is 13.8 Å². The van der Waals surface area contributed by atoms with Crippen LogP contribution in [-0.2, 0) is 14.4 Å². The van der Waals surface area contributed by atoms with Crippen LogP contribution in [-0.4, -0.2) is 23.4 Å². The summed E-state index contributed by atoms with van der Waals surface area (Å²) in [5, 5.41) is 10.8. The van der Waals surface area contributed by atoms with E-state index in [-0.39, 0.29) is 5.91 Å². The SMILES string of the molecule is CC(=O)Nc1ccc(NC(=O)C(=O)NN=C(C)c2cccs2)cc1. The molecular weight excluding hydrogens is 328 g/mol. The van der Waals surface area contributed by atoms with Gasteiger partial charge in [-0.2, -0.15) is 5.10 Å². The minimum atomic E-state index is -0.864. The zero-order valence-corrected chi connectivity index (χ0v) is 13.9. The van der Waals surface area contributed by atoms with E-state index in [0.717, 1.165) is 4.88 Å². The summed E-state index contributed by atoms with van der Waals surface area (Å²) in [5.41, 5.74) is 3.86. The lowest BCUT2D eigenvalue weighted by Crippen LogP contribution is -2.32. The predicted octanol–water partition coefficient (Wildman–Crippen LogP) is 2.19. The molecule has 0 unspecified atom stereocenters. The molecule has 2 rings (SSSR count). The van der Waals surface area contributed by atoms with Gasteiger partial charge in [0.15, 0.2) is 0 Å². The third-order valence-electron chi connectivity index (χ3n) is 2.87. The number of hydrogen-bond donors (Lipinski definition) is 3. The number of rotatable bonds is 4. The lowest BCUT2D eigenvalue weighted by Gasteiger charge is -2.06. The maximum Gasteiger partial charge on any atom is 0.329 e. The molecule has 0 radical (unpaired) electrons. The number of amides is 3. The largest absolute Gasteiger partial charge is 0.329 e. The first-order valence-corrected chi connectivity index (χ1v) is 7.91. The molecule has 3 amide bonds. The van der Waals surface area contributed by atoms with Crippen LogP contribution < -0.4 is 16.1 Å². The van der Waals surface area contributed by atoms with Crippen LogP contribution in [0.4, 0.5) is 11.4 Å². The van der Waals surface area contributed by atoms with Gasteiger partial charge in [0.25, 0.3) is 0 Å². The van der Waals surface area contributed by atoms with Crippen molar-refractivity contribution >= 4 is 46.1 Å². The van der Waals surface area contributed by atoms with E-state index in [4.69, 9.17) is 0 Å². The number of nitrogens with one attached hydrogen (secondary N) is 3. The monoisotopic (exact) mass is 344 g/mol. The summed E-state index contributed by atoms with van der Waals surface area (Å²) in [5.74, 6) is -1.88. The van der Waals surface area contributed by atoms with E-state index in [0.29, 0.717) is 17.1 Å². The molecule has 0 saturated carbocycles. The summed E-state index contributed by atoms with van der Waals surface area (Å²) in [7, 11) is 0. The molecule has 0 spiro atoms. The summed E-state index contributed by atoms with van der Waals surface area (Å²) in [6.07, 6.45) is 0. The fraction of sp³-hybridized carbons (Fsp3) is 0.125. The van der Waals surface area contributed by atoms with Crippen LogP contribution in [0.3, 0.4) is 0 Å². The Labute approximate surface area is 142 Å². The van der Waals surface area contributed by atoms with Gasteiger partial charge in [0.2, 0.25) is 5.91 Å². The van der Waals surface area contributed by atoms with Gasteiger partial charge in [-0.05, 0) is 42.6 Å². The van der Waals surface area contributed by atoms with Crippen molar-refractivity contribution in [1.29, 1.82) is 0 Å². The van der Waals surface area contributed by atoms with Gasteiger partial charge >= 0.3 is 11.8 Å². The summed E-state index contributed by atoms with van der Waals surface area (Å²) < 4.78 is 0. The minimum absolute atomic E-state index is 0.190. The molecule has 124 valence electrons. The second-order valence-electron chi connectivity index (χ2n) is 4.83. The lowest BCUT2D eigenvalue weighted by molar-refractivity contribution is -0.136. The number of nitrogens with zero attached hydrogens (tertiary/aromatic N) is 1. The molecule has 2 aromatic rings. The third-order valence-corrected chi connectivity index (χ3v) is 3.85. The van der Waals surface area contributed by atoms with Crippen molar-refractivity contribution in [1.82, 2.24) is 5.43 Å². The van der Waals surface area contributed by atoms with E-state index in [2.05, 4.69) is 21.2 Å². The Morgan fingerprint density at radius 2 is 1.54 bits per heavy atom. The standard InChI is InChI=1S/C16H16N4O3S/c1-10(14-4-3-9-24-14)19-20-16(23)15(22)18-13-7-5-12(6-8-13)17-11(2)21/h3-9H,1-2H3,(H,17,21)(H,18,22)(H,20,23). The summed E-state index contributed by atoms with van der Waals surface area (Å²) in [4.78, 5) is 35.4. The number of hydrogen-bond acceptors (Lipinski definition) is 5. The Hall–Kier alpha value is -3.00. The number of hydrazone groups is 1. The maximum atomic E-state index is 11.8. The molecule has 0 fully saturated rings. The molecule has 0 aliphatic rings. The van der Waals surface area contributed by atoms with Gasteiger partial charge in [-0.25, -0.2) is 5.43 Å². The summed E-state index contributed by atoms with van der Waals surface area (Å²) >= 11 is 1.49. The molecule has 8 heteroatoms. The fourth-order valence-corrected chi connectivity index (χ4v) is 2.43. The van der Waals surface area contributed by atoms with Gasteiger partial charge < -0.3 is 10.6 Å². The average Bonchev–Trinajstić information content (AvgIpc) is 3.08. The summed E-state index contributed by atoms with van der Waals surface area (Å²) in [6.45, 7) is 3.14. The second-order valence-corrected chi connectivity index (χ2v) is 5.78. The normalized spacial score (nSPS) is 10.8. The van der Waals surface area contributed by atoms with Gasteiger partial charge in [-0.15, -0.1) is 11.3 Å². The van der Waals surface area contributed by atoms with Gasteiger partial charge in [0.1, 0.15) is 0 Å². The Morgan fingerprint density at radius 1 is 0.917 bits per heavy atom. The third kappa shape index (κ3) is 5.03. The van der Waals surface area contributed by atoms with E-state index in [9.17, 15) is 14.4 Å². The highest BCUT2D eigenvalue weighted by molar-refractivity contribution is 7.12.